The Labute approximate surface area is 200 Å². The predicted molar refractivity (Wildman–Crippen MR) is 135 cm³/mol. The molecule has 0 unspecified atom stereocenters. The third-order valence-corrected chi connectivity index (χ3v) is 7.08. The molecule has 5 N–H and O–H groups in total. The van der Waals surface area contributed by atoms with Crippen LogP contribution in [0.2, 0.25) is 0 Å². The zero-order valence-corrected chi connectivity index (χ0v) is 20.1. The quantitative estimate of drug-likeness (QED) is 0.413. The molecule has 0 bridgehead atoms. The minimum Gasteiger partial charge on any atom is -0.497 e. The van der Waals surface area contributed by atoms with E-state index < -0.39 is 0 Å². The first kappa shape index (κ1) is 24.9. The number of imidazole rings is 1. The molecular weight excluding hydrogens is 460 g/mol. The van der Waals surface area contributed by atoms with Crippen molar-refractivity contribution >= 4 is 34.2 Å². The van der Waals surface area contributed by atoms with Crippen LogP contribution in [0.4, 0.5) is 5.95 Å². The van der Waals surface area contributed by atoms with E-state index in [9.17, 15) is 0 Å². The molecule has 1 fully saturated rings. The van der Waals surface area contributed by atoms with E-state index in [4.69, 9.17) is 14.7 Å². The monoisotopic (exact) mass is 488 g/mol. The zero-order chi connectivity index (χ0) is 21.2. The number of fused-ring (bicyclic) bond motifs is 1. The van der Waals surface area contributed by atoms with Gasteiger partial charge >= 0.3 is 0 Å². The summed E-state index contributed by atoms with van der Waals surface area (Å²) >= 11 is 3.41. The highest BCUT2D eigenvalue weighted by Crippen LogP contribution is 2.35. The van der Waals surface area contributed by atoms with Gasteiger partial charge in [-0.05, 0) is 37.3 Å². The van der Waals surface area contributed by atoms with Crippen LogP contribution >= 0.6 is 23.3 Å². The molecule has 0 saturated carbocycles. The zero-order valence-electron chi connectivity index (χ0n) is 18.5. The number of aromatic nitrogens is 4. The Bertz CT molecular complexity index is 1200. The van der Waals surface area contributed by atoms with Gasteiger partial charge in [0.1, 0.15) is 11.4 Å². The highest BCUT2D eigenvalue weighted by Gasteiger charge is 2.22. The number of methoxy groups -OCH3 is 1. The van der Waals surface area contributed by atoms with E-state index in [1.54, 1.807) is 30.4 Å². The van der Waals surface area contributed by atoms with E-state index in [-0.39, 0.29) is 11.0 Å². The summed E-state index contributed by atoms with van der Waals surface area (Å²) in [4.78, 5) is 15.2. The van der Waals surface area contributed by atoms with E-state index in [1.165, 1.54) is 6.42 Å². The van der Waals surface area contributed by atoms with Gasteiger partial charge in [0.2, 0.25) is 5.95 Å². The van der Waals surface area contributed by atoms with Crippen molar-refractivity contribution in [1.29, 1.82) is 0 Å². The molecule has 1 aliphatic heterocycles. The van der Waals surface area contributed by atoms with E-state index in [0.29, 0.717) is 12.0 Å². The number of benzene rings is 1. The molecule has 0 aliphatic carbocycles. The van der Waals surface area contributed by atoms with E-state index >= 15 is 0 Å². The average Bonchev–Trinajstić information content (AvgIpc) is 3.41. The lowest BCUT2D eigenvalue weighted by Crippen LogP contribution is -2.38. The van der Waals surface area contributed by atoms with E-state index in [0.717, 1.165) is 52.9 Å². The molecule has 0 amide bonds. The predicted octanol–water partition coefficient (Wildman–Crippen LogP) is 3.03. The van der Waals surface area contributed by atoms with Crippen molar-refractivity contribution in [2.45, 2.75) is 18.9 Å². The fourth-order valence-electron chi connectivity index (χ4n) is 3.97. The van der Waals surface area contributed by atoms with Crippen molar-refractivity contribution in [3.8, 4) is 28.4 Å². The lowest BCUT2D eigenvalue weighted by atomic mass is 10.1. The second-order valence-corrected chi connectivity index (χ2v) is 9.17. The first-order chi connectivity index (χ1) is 15.2. The lowest BCUT2D eigenvalue weighted by Gasteiger charge is -2.31. The third kappa shape index (κ3) is 5.12. The number of nitrogens with zero attached hydrogens (tertiary/aromatic N) is 5. The molecule has 9 nitrogen and oxygen atoms in total. The second kappa shape index (κ2) is 10.9. The van der Waals surface area contributed by atoms with Gasteiger partial charge in [-0.3, -0.25) is 4.40 Å². The first-order valence-corrected chi connectivity index (χ1v) is 12.3. The number of anilines is 1. The molecule has 1 aromatic carbocycles. The Morgan fingerprint density at radius 2 is 2.09 bits per heavy atom. The molecule has 11 heteroatoms. The Balaban J connectivity index is 0.00000153. The molecule has 0 radical (unpaired) electrons. The number of rotatable bonds is 6. The molecule has 33 heavy (non-hydrogen) atoms. The molecular formula is C22H28N6O3S2. The summed E-state index contributed by atoms with van der Waals surface area (Å²) in [6.45, 7) is 2.13. The number of thiazole rings is 1. The van der Waals surface area contributed by atoms with Gasteiger partial charge in [0.25, 0.3) is 0 Å². The van der Waals surface area contributed by atoms with Gasteiger partial charge in [0.05, 0.1) is 18.5 Å². The molecule has 1 aliphatic rings. The standard InChI is InChI=1S/C22H24N6OS2.2H2O/c1-29-17-7-3-5-15(13-17)19-20(28-11-12-31-22(28)26-19)18-8-9-23-21(25-18)24-16-6-4-10-27(14-16)30-2;;/h3,5,7-9,11-13,16H,4,6,10,14H2,1-2H3,(H,23,24,25);2*1H2/t16-;;/m1../s1. The highest BCUT2D eigenvalue weighted by atomic mass is 32.2. The average molecular weight is 489 g/mol. The van der Waals surface area contributed by atoms with Crippen LogP contribution in [0.1, 0.15) is 12.8 Å². The summed E-state index contributed by atoms with van der Waals surface area (Å²) in [7, 11) is 1.68. The number of ether oxygens (including phenoxy) is 1. The van der Waals surface area contributed by atoms with Crippen LogP contribution in [0.3, 0.4) is 0 Å². The maximum Gasteiger partial charge on any atom is 0.223 e. The number of piperidine rings is 1. The van der Waals surface area contributed by atoms with Crippen molar-refractivity contribution < 1.29 is 15.7 Å². The molecule has 1 atom stereocenters. The molecule has 1 saturated heterocycles. The van der Waals surface area contributed by atoms with Crippen LogP contribution in [-0.2, 0) is 0 Å². The fourth-order valence-corrected chi connectivity index (χ4v) is 5.33. The van der Waals surface area contributed by atoms with Gasteiger partial charge in [0, 0.05) is 42.5 Å². The maximum absolute atomic E-state index is 5.43. The molecule has 5 rings (SSSR count). The van der Waals surface area contributed by atoms with Crippen molar-refractivity contribution in [2.24, 2.45) is 0 Å². The van der Waals surface area contributed by atoms with Crippen molar-refractivity contribution in [3.05, 3.63) is 48.1 Å². The van der Waals surface area contributed by atoms with Crippen LogP contribution in [0.5, 0.6) is 5.75 Å². The summed E-state index contributed by atoms with van der Waals surface area (Å²) in [6.07, 6.45) is 8.29. The summed E-state index contributed by atoms with van der Waals surface area (Å²) in [5.74, 6) is 1.47. The van der Waals surface area contributed by atoms with Gasteiger partial charge in [-0.15, -0.1) is 11.3 Å². The Kier molecular flexibility index (Phi) is 8.27. The van der Waals surface area contributed by atoms with E-state index in [1.807, 2.05) is 42.0 Å². The topological polar surface area (TPSA) is 131 Å². The first-order valence-electron chi connectivity index (χ1n) is 10.2. The van der Waals surface area contributed by atoms with Crippen molar-refractivity contribution in [1.82, 2.24) is 23.7 Å². The minimum absolute atomic E-state index is 0. The second-order valence-electron chi connectivity index (χ2n) is 7.42. The Hall–Kier alpha value is -2.70. The van der Waals surface area contributed by atoms with Gasteiger partial charge in [-0.1, -0.05) is 24.1 Å². The van der Waals surface area contributed by atoms with Gasteiger partial charge in [-0.2, -0.15) is 0 Å². The van der Waals surface area contributed by atoms with Crippen molar-refractivity contribution in [3.63, 3.8) is 0 Å². The summed E-state index contributed by atoms with van der Waals surface area (Å²) in [5.41, 5.74) is 3.70. The highest BCUT2D eigenvalue weighted by molar-refractivity contribution is 7.96. The minimum atomic E-state index is 0. The Morgan fingerprint density at radius 3 is 2.91 bits per heavy atom. The Morgan fingerprint density at radius 1 is 1.21 bits per heavy atom. The van der Waals surface area contributed by atoms with Crippen LogP contribution < -0.4 is 10.1 Å². The third-order valence-electron chi connectivity index (χ3n) is 5.48. The van der Waals surface area contributed by atoms with Gasteiger partial charge in [0.15, 0.2) is 4.96 Å². The molecule has 176 valence electrons. The fraction of sp³-hybridized carbons (Fsp3) is 0.318. The molecule has 0 spiro atoms. The van der Waals surface area contributed by atoms with Crippen LogP contribution in [-0.4, -0.2) is 67.1 Å². The van der Waals surface area contributed by atoms with Gasteiger partial charge < -0.3 is 21.0 Å². The smallest absolute Gasteiger partial charge is 0.223 e. The summed E-state index contributed by atoms with van der Waals surface area (Å²) < 4.78 is 9.91. The molecule has 4 heterocycles. The lowest BCUT2D eigenvalue weighted by molar-refractivity contribution is 0.356. The molecule has 3 aromatic heterocycles. The normalized spacial score (nSPS) is 16.1. The summed E-state index contributed by atoms with van der Waals surface area (Å²) in [5, 5.41) is 5.58. The number of nitrogens with one attached hydrogen (secondary N) is 1. The SMILES string of the molecule is COc1cccc(-c2nc3sccn3c2-c2ccnc(N[C@@H]3CCCN(SC)C3)n2)c1.O.O. The van der Waals surface area contributed by atoms with Gasteiger partial charge in [-0.25, -0.2) is 19.3 Å². The van der Waals surface area contributed by atoms with Crippen LogP contribution in [0.15, 0.2) is 48.1 Å². The number of hydrogen-bond acceptors (Lipinski definition) is 8. The van der Waals surface area contributed by atoms with E-state index in [2.05, 4.69) is 31.3 Å². The largest absolute Gasteiger partial charge is 0.497 e. The number of hydrogen-bond donors (Lipinski definition) is 1. The maximum atomic E-state index is 5.43. The van der Waals surface area contributed by atoms with Crippen LogP contribution in [0, 0.1) is 0 Å². The molecule has 4 aromatic rings. The van der Waals surface area contributed by atoms with Crippen LogP contribution in [0.25, 0.3) is 27.6 Å². The van der Waals surface area contributed by atoms with Crippen molar-refractivity contribution in [2.75, 3.05) is 31.8 Å². The summed E-state index contributed by atoms with van der Waals surface area (Å²) in [6, 6.07) is 10.3.